The minimum absolute atomic E-state index is 0.0777. The third-order valence-corrected chi connectivity index (χ3v) is 6.49. The smallest absolute Gasteiger partial charge is 0.338 e. The van der Waals surface area contributed by atoms with Gasteiger partial charge in [-0.25, -0.2) is 13.2 Å². The van der Waals surface area contributed by atoms with E-state index in [0.717, 1.165) is 4.88 Å². The van der Waals surface area contributed by atoms with Crippen LogP contribution in [0.4, 0.5) is 0 Å². The third kappa shape index (κ3) is 3.80. The number of thiophene rings is 1. The number of carbonyl (C=O) groups excluding carboxylic acids is 1. The molecule has 2 rings (SSSR count). The summed E-state index contributed by atoms with van der Waals surface area (Å²) in [6.45, 7) is 3.78. The Balaban J connectivity index is 2.32. The summed E-state index contributed by atoms with van der Waals surface area (Å²) in [5.41, 5.74) is 0.227. The number of nitrogens with zero attached hydrogens (tertiary/aromatic N) is 1. The van der Waals surface area contributed by atoms with Crippen LogP contribution in [0, 0.1) is 0 Å². The number of carbonyl (C=O) groups is 1. The Kier molecular flexibility index (Phi) is 5.56. The molecule has 0 aliphatic rings. The first-order valence-corrected chi connectivity index (χ1v) is 9.48. The van der Waals surface area contributed by atoms with Crippen molar-refractivity contribution < 1.29 is 17.9 Å². The van der Waals surface area contributed by atoms with Crippen LogP contribution in [0.3, 0.4) is 0 Å². The Morgan fingerprint density at radius 1 is 1.30 bits per heavy atom. The highest BCUT2D eigenvalue weighted by atomic mass is 32.2. The minimum atomic E-state index is -3.70. The second-order valence-electron chi connectivity index (χ2n) is 4.96. The van der Waals surface area contributed by atoms with Gasteiger partial charge in [-0.2, -0.15) is 4.31 Å². The van der Waals surface area contributed by atoms with Crippen LogP contribution in [0.1, 0.15) is 35.1 Å². The zero-order valence-corrected chi connectivity index (χ0v) is 14.9. The van der Waals surface area contributed by atoms with Crippen molar-refractivity contribution >= 4 is 27.3 Å². The molecule has 0 saturated carbocycles. The normalized spacial score (nSPS) is 13.0. The number of benzene rings is 1. The minimum Gasteiger partial charge on any atom is -0.462 e. The average molecular weight is 353 g/mol. The molecule has 124 valence electrons. The molecule has 0 amide bonds. The quantitative estimate of drug-likeness (QED) is 0.748. The second-order valence-corrected chi connectivity index (χ2v) is 7.94. The number of sulfonamides is 1. The monoisotopic (exact) mass is 353 g/mol. The van der Waals surface area contributed by atoms with Gasteiger partial charge in [-0.05, 0) is 43.5 Å². The predicted molar refractivity (Wildman–Crippen MR) is 90.1 cm³/mol. The number of hydrogen-bond acceptors (Lipinski definition) is 5. The molecule has 5 nitrogen and oxygen atoms in total. The van der Waals surface area contributed by atoms with E-state index in [1.807, 2.05) is 24.4 Å². The molecule has 0 aliphatic carbocycles. The van der Waals surface area contributed by atoms with Gasteiger partial charge in [0.05, 0.1) is 23.1 Å². The molecule has 1 heterocycles. The van der Waals surface area contributed by atoms with Gasteiger partial charge in [0, 0.05) is 11.9 Å². The van der Waals surface area contributed by atoms with Crippen LogP contribution in [0.5, 0.6) is 0 Å². The van der Waals surface area contributed by atoms with E-state index in [1.165, 1.54) is 34.8 Å². The van der Waals surface area contributed by atoms with Crippen molar-refractivity contribution in [2.45, 2.75) is 24.8 Å². The Morgan fingerprint density at radius 2 is 2.04 bits per heavy atom. The van der Waals surface area contributed by atoms with Crippen LogP contribution < -0.4 is 0 Å². The molecule has 0 fully saturated rings. The summed E-state index contributed by atoms with van der Waals surface area (Å²) in [5, 5.41) is 1.91. The maximum absolute atomic E-state index is 12.8. The Bertz CT molecular complexity index is 769. The SMILES string of the molecule is CCOC(=O)c1cccc(S(=O)(=O)N(C)C(C)c2cccs2)c1. The van der Waals surface area contributed by atoms with E-state index in [9.17, 15) is 13.2 Å². The van der Waals surface area contributed by atoms with Crippen LogP contribution in [-0.4, -0.2) is 32.3 Å². The number of esters is 1. The lowest BCUT2D eigenvalue weighted by Crippen LogP contribution is -2.29. The van der Waals surface area contributed by atoms with E-state index in [-0.39, 0.29) is 23.1 Å². The van der Waals surface area contributed by atoms with Crippen LogP contribution >= 0.6 is 11.3 Å². The molecule has 7 heteroatoms. The van der Waals surface area contributed by atoms with Gasteiger partial charge in [-0.1, -0.05) is 12.1 Å². The zero-order chi connectivity index (χ0) is 17.0. The van der Waals surface area contributed by atoms with Gasteiger partial charge in [0.2, 0.25) is 10.0 Å². The van der Waals surface area contributed by atoms with Gasteiger partial charge >= 0.3 is 5.97 Å². The lowest BCUT2D eigenvalue weighted by atomic mass is 10.2. The fourth-order valence-corrected chi connectivity index (χ4v) is 4.36. The number of rotatable bonds is 6. The van der Waals surface area contributed by atoms with E-state index < -0.39 is 16.0 Å². The predicted octanol–water partition coefficient (Wildman–Crippen LogP) is 3.31. The van der Waals surface area contributed by atoms with Crippen molar-refractivity contribution in [2.75, 3.05) is 13.7 Å². The lowest BCUT2D eigenvalue weighted by molar-refractivity contribution is 0.0526. The van der Waals surface area contributed by atoms with Crippen LogP contribution in [0.15, 0.2) is 46.7 Å². The summed E-state index contributed by atoms with van der Waals surface area (Å²) in [4.78, 5) is 12.8. The summed E-state index contributed by atoms with van der Waals surface area (Å²) in [6, 6.07) is 9.42. The van der Waals surface area contributed by atoms with E-state index in [2.05, 4.69) is 0 Å². The number of ether oxygens (including phenoxy) is 1. The lowest BCUT2D eigenvalue weighted by Gasteiger charge is -2.23. The topological polar surface area (TPSA) is 63.7 Å². The van der Waals surface area contributed by atoms with Gasteiger partial charge in [-0.3, -0.25) is 0 Å². The van der Waals surface area contributed by atoms with Gasteiger partial charge in [0.25, 0.3) is 0 Å². The van der Waals surface area contributed by atoms with Crippen LogP contribution in [-0.2, 0) is 14.8 Å². The van der Waals surface area contributed by atoms with Crippen molar-refractivity contribution in [3.8, 4) is 0 Å². The summed E-state index contributed by atoms with van der Waals surface area (Å²) in [7, 11) is -2.16. The van der Waals surface area contributed by atoms with E-state index in [0.29, 0.717) is 0 Å². The highest BCUT2D eigenvalue weighted by Crippen LogP contribution is 2.28. The molecule has 0 aliphatic heterocycles. The molecule has 1 unspecified atom stereocenters. The molecule has 0 N–H and O–H groups in total. The largest absolute Gasteiger partial charge is 0.462 e. The molecular formula is C16H19NO4S2. The molecule has 0 spiro atoms. The van der Waals surface area contributed by atoms with Gasteiger partial charge in [0.1, 0.15) is 0 Å². The van der Waals surface area contributed by atoms with Crippen molar-refractivity contribution in [1.82, 2.24) is 4.31 Å². The fraction of sp³-hybridized carbons (Fsp3) is 0.312. The Hall–Kier alpha value is -1.70. The maximum Gasteiger partial charge on any atom is 0.338 e. The molecule has 23 heavy (non-hydrogen) atoms. The van der Waals surface area contributed by atoms with Crippen molar-refractivity contribution in [1.29, 1.82) is 0 Å². The zero-order valence-electron chi connectivity index (χ0n) is 13.2. The molecule has 0 bridgehead atoms. The standard InChI is InChI=1S/C16H19NO4S2/c1-4-21-16(18)13-7-5-8-14(11-13)23(19,20)17(3)12(2)15-9-6-10-22-15/h5-12H,4H2,1-3H3. The number of hydrogen-bond donors (Lipinski definition) is 0. The molecule has 1 aromatic heterocycles. The maximum atomic E-state index is 12.8. The summed E-state index contributed by atoms with van der Waals surface area (Å²) in [5.74, 6) is -0.529. The first-order chi connectivity index (χ1) is 10.9. The summed E-state index contributed by atoms with van der Waals surface area (Å²) in [6.07, 6.45) is 0. The van der Waals surface area contributed by atoms with Gasteiger partial charge < -0.3 is 4.74 Å². The first kappa shape index (κ1) is 17.7. The average Bonchev–Trinajstić information content (AvgIpc) is 3.08. The van der Waals surface area contributed by atoms with E-state index >= 15 is 0 Å². The first-order valence-electron chi connectivity index (χ1n) is 7.16. The van der Waals surface area contributed by atoms with Crippen molar-refractivity contribution in [2.24, 2.45) is 0 Å². The van der Waals surface area contributed by atoms with E-state index in [1.54, 1.807) is 19.1 Å². The Morgan fingerprint density at radius 3 is 2.65 bits per heavy atom. The van der Waals surface area contributed by atoms with Crippen LogP contribution in [0.25, 0.3) is 0 Å². The highest BCUT2D eigenvalue weighted by molar-refractivity contribution is 7.89. The molecule has 0 radical (unpaired) electrons. The van der Waals surface area contributed by atoms with Crippen molar-refractivity contribution in [3.05, 3.63) is 52.2 Å². The fourth-order valence-electron chi connectivity index (χ4n) is 2.08. The summed E-state index contributed by atoms with van der Waals surface area (Å²) >= 11 is 1.51. The second kappa shape index (κ2) is 7.25. The van der Waals surface area contributed by atoms with E-state index in [4.69, 9.17) is 4.74 Å². The molecule has 0 saturated heterocycles. The molecular weight excluding hydrogens is 334 g/mol. The molecule has 1 atom stereocenters. The Labute approximate surface area is 140 Å². The molecule has 1 aromatic carbocycles. The van der Waals surface area contributed by atoms with Gasteiger partial charge in [-0.15, -0.1) is 11.3 Å². The highest BCUT2D eigenvalue weighted by Gasteiger charge is 2.27. The summed E-state index contributed by atoms with van der Waals surface area (Å²) < 4.78 is 31.8. The van der Waals surface area contributed by atoms with Crippen molar-refractivity contribution in [3.63, 3.8) is 0 Å². The van der Waals surface area contributed by atoms with Crippen LogP contribution in [0.2, 0.25) is 0 Å². The van der Waals surface area contributed by atoms with Gasteiger partial charge in [0.15, 0.2) is 0 Å². The molecule has 2 aromatic rings. The third-order valence-electron chi connectivity index (χ3n) is 3.52.